The van der Waals surface area contributed by atoms with Crippen LogP contribution in [0.15, 0.2) is 0 Å². The molecule has 0 amide bonds. The average molecular weight is 118 g/mol. The van der Waals surface area contributed by atoms with Crippen LogP contribution < -0.4 is 0 Å². The van der Waals surface area contributed by atoms with E-state index >= 15 is 0 Å². The van der Waals surface area contributed by atoms with Gasteiger partial charge in [-0.1, -0.05) is 6.92 Å². The van der Waals surface area contributed by atoms with Crippen molar-refractivity contribution in [1.29, 1.82) is 0 Å². The van der Waals surface area contributed by atoms with Crippen LogP contribution in [0.25, 0.3) is 5.32 Å². The maximum absolute atomic E-state index is 3.95. The molecule has 0 aromatic rings. The summed E-state index contributed by atoms with van der Waals surface area (Å²) in [4.78, 5) is 0. The number of nitrogens with zero attached hydrogens (tertiary/aromatic N) is 1. The van der Waals surface area contributed by atoms with Crippen LogP contribution in [-0.4, -0.2) is 25.1 Å². The van der Waals surface area contributed by atoms with E-state index in [0.29, 0.717) is 0 Å². The molecular weight excluding hydrogens is 106 g/mol. The van der Waals surface area contributed by atoms with E-state index in [0.717, 1.165) is 6.54 Å². The first-order chi connectivity index (χ1) is 3.41. The van der Waals surface area contributed by atoms with E-state index in [9.17, 15) is 0 Å². The standard InChI is InChI=1S/C5H12NS/c1-3-7-5-4-6-2/h3-5H2,1-2H3/q-1. The molecular formula is C5H12NS-. The van der Waals surface area contributed by atoms with Gasteiger partial charge in [-0.05, 0) is 11.5 Å². The Bertz CT molecular complexity index is 27.3. The minimum Gasteiger partial charge on any atom is -0.664 e. The molecule has 0 aliphatic rings. The van der Waals surface area contributed by atoms with Crippen molar-refractivity contribution in [2.45, 2.75) is 6.92 Å². The molecule has 0 aliphatic carbocycles. The molecule has 0 bridgehead atoms. The Labute approximate surface area is 49.9 Å². The minimum absolute atomic E-state index is 1.01. The Morgan fingerprint density at radius 3 is 2.71 bits per heavy atom. The van der Waals surface area contributed by atoms with Crippen molar-refractivity contribution in [3.05, 3.63) is 5.32 Å². The number of hydrogen-bond acceptors (Lipinski definition) is 1. The zero-order chi connectivity index (χ0) is 5.54. The summed E-state index contributed by atoms with van der Waals surface area (Å²) < 4.78 is 0. The third kappa shape index (κ3) is 6.31. The van der Waals surface area contributed by atoms with Gasteiger partial charge in [-0.25, -0.2) is 0 Å². The first kappa shape index (κ1) is 7.31. The molecule has 0 heterocycles. The molecule has 1 nitrogen and oxygen atoms in total. The first-order valence-corrected chi connectivity index (χ1v) is 3.70. The highest BCUT2D eigenvalue weighted by molar-refractivity contribution is 7.99. The smallest absolute Gasteiger partial charge is 0.00966 e. The molecule has 0 spiro atoms. The van der Waals surface area contributed by atoms with E-state index in [1.807, 2.05) is 18.8 Å². The summed E-state index contributed by atoms with van der Waals surface area (Å²) in [5.41, 5.74) is 0. The molecule has 0 aromatic heterocycles. The van der Waals surface area contributed by atoms with Crippen LogP contribution in [0, 0.1) is 0 Å². The van der Waals surface area contributed by atoms with E-state index in [1.165, 1.54) is 11.5 Å². The largest absolute Gasteiger partial charge is 0.664 e. The average Bonchev–Trinajstić information content (AvgIpc) is 1.69. The van der Waals surface area contributed by atoms with Crippen LogP contribution in [0.1, 0.15) is 6.92 Å². The van der Waals surface area contributed by atoms with Crippen molar-refractivity contribution in [1.82, 2.24) is 0 Å². The summed E-state index contributed by atoms with van der Waals surface area (Å²) in [5, 5.41) is 3.95. The topological polar surface area (TPSA) is 14.1 Å². The summed E-state index contributed by atoms with van der Waals surface area (Å²) in [6.07, 6.45) is 0. The van der Waals surface area contributed by atoms with Crippen LogP contribution in [-0.2, 0) is 0 Å². The molecule has 0 rings (SSSR count). The lowest BCUT2D eigenvalue weighted by molar-refractivity contribution is 1.27. The van der Waals surface area contributed by atoms with Crippen LogP contribution >= 0.6 is 11.8 Å². The van der Waals surface area contributed by atoms with E-state index in [2.05, 4.69) is 12.2 Å². The lowest BCUT2D eigenvalue weighted by atomic mass is 10.8. The third-order valence-corrected chi connectivity index (χ3v) is 1.54. The highest BCUT2D eigenvalue weighted by Crippen LogP contribution is 1.97. The molecule has 0 aromatic carbocycles. The first-order valence-electron chi connectivity index (χ1n) is 2.55. The van der Waals surface area contributed by atoms with Gasteiger partial charge >= 0.3 is 0 Å². The van der Waals surface area contributed by atoms with Crippen molar-refractivity contribution in [2.75, 3.05) is 25.1 Å². The monoisotopic (exact) mass is 118 g/mol. The van der Waals surface area contributed by atoms with Gasteiger partial charge in [0.25, 0.3) is 0 Å². The van der Waals surface area contributed by atoms with Gasteiger partial charge in [-0.3, -0.25) is 0 Å². The molecule has 0 atom stereocenters. The SMILES string of the molecule is CCSCC[N-]C. The maximum Gasteiger partial charge on any atom is -0.00966 e. The van der Waals surface area contributed by atoms with Crippen molar-refractivity contribution >= 4 is 11.8 Å². The Morgan fingerprint density at radius 1 is 1.57 bits per heavy atom. The number of thioether (sulfide) groups is 1. The molecule has 0 unspecified atom stereocenters. The molecule has 0 saturated heterocycles. The Balaban J connectivity index is 2.45. The number of hydrogen-bond donors (Lipinski definition) is 0. The van der Waals surface area contributed by atoms with Gasteiger partial charge in [-0.15, -0.1) is 6.54 Å². The highest BCUT2D eigenvalue weighted by atomic mass is 32.2. The van der Waals surface area contributed by atoms with Crippen molar-refractivity contribution in [2.24, 2.45) is 0 Å². The van der Waals surface area contributed by atoms with Crippen LogP contribution in [0.4, 0.5) is 0 Å². The molecule has 0 fully saturated rings. The second kappa shape index (κ2) is 6.31. The van der Waals surface area contributed by atoms with E-state index in [-0.39, 0.29) is 0 Å². The van der Waals surface area contributed by atoms with E-state index in [1.54, 1.807) is 0 Å². The Kier molecular flexibility index (Phi) is 6.59. The summed E-state index contributed by atoms with van der Waals surface area (Å²) in [7, 11) is 1.86. The molecule has 0 radical (unpaired) electrons. The summed E-state index contributed by atoms with van der Waals surface area (Å²) in [6.45, 7) is 3.18. The summed E-state index contributed by atoms with van der Waals surface area (Å²) in [6, 6.07) is 0. The summed E-state index contributed by atoms with van der Waals surface area (Å²) in [5.74, 6) is 2.41. The minimum atomic E-state index is 1.01. The van der Waals surface area contributed by atoms with Crippen molar-refractivity contribution in [3.63, 3.8) is 0 Å². The molecule has 0 aliphatic heterocycles. The number of rotatable bonds is 4. The van der Waals surface area contributed by atoms with E-state index in [4.69, 9.17) is 0 Å². The predicted octanol–water partition coefficient (Wildman–Crippen LogP) is 1.74. The van der Waals surface area contributed by atoms with Gasteiger partial charge in [0.1, 0.15) is 0 Å². The van der Waals surface area contributed by atoms with Crippen LogP contribution in [0.3, 0.4) is 0 Å². The Morgan fingerprint density at radius 2 is 2.29 bits per heavy atom. The van der Waals surface area contributed by atoms with Gasteiger partial charge in [0.15, 0.2) is 0 Å². The van der Waals surface area contributed by atoms with E-state index < -0.39 is 0 Å². The van der Waals surface area contributed by atoms with Crippen LogP contribution in [0.2, 0.25) is 0 Å². The molecule has 44 valence electrons. The maximum atomic E-state index is 3.95. The van der Waals surface area contributed by atoms with Gasteiger partial charge < -0.3 is 5.32 Å². The lowest BCUT2D eigenvalue weighted by Gasteiger charge is -2.07. The molecule has 0 saturated carbocycles. The molecule has 7 heavy (non-hydrogen) atoms. The molecule has 2 heteroatoms. The third-order valence-electron chi connectivity index (χ3n) is 0.663. The Hall–Kier alpha value is 0.310. The van der Waals surface area contributed by atoms with Crippen LogP contribution in [0.5, 0.6) is 0 Å². The normalized spacial score (nSPS) is 9.43. The lowest BCUT2D eigenvalue weighted by Crippen LogP contribution is -1.84. The summed E-state index contributed by atoms with van der Waals surface area (Å²) >= 11 is 1.94. The quantitative estimate of drug-likeness (QED) is 0.513. The van der Waals surface area contributed by atoms with Gasteiger partial charge in [-0.2, -0.15) is 18.8 Å². The second-order valence-electron chi connectivity index (χ2n) is 1.24. The zero-order valence-corrected chi connectivity index (χ0v) is 5.79. The van der Waals surface area contributed by atoms with Gasteiger partial charge in [0, 0.05) is 0 Å². The van der Waals surface area contributed by atoms with Gasteiger partial charge in [0.05, 0.1) is 0 Å². The fraction of sp³-hybridized carbons (Fsp3) is 1.00. The van der Waals surface area contributed by atoms with Gasteiger partial charge in [0.2, 0.25) is 0 Å². The predicted molar refractivity (Wildman–Crippen MR) is 37.1 cm³/mol. The fourth-order valence-corrected chi connectivity index (χ4v) is 0.901. The molecule has 0 N–H and O–H groups in total. The second-order valence-corrected chi connectivity index (χ2v) is 2.63. The zero-order valence-electron chi connectivity index (χ0n) is 4.98. The highest BCUT2D eigenvalue weighted by Gasteiger charge is 1.72. The van der Waals surface area contributed by atoms with Crippen molar-refractivity contribution < 1.29 is 0 Å². The van der Waals surface area contributed by atoms with Crippen molar-refractivity contribution in [3.8, 4) is 0 Å². The fourth-order valence-electron chi connectivity index (χ4n) is 0.300.